The highest BCUT2D eigenvalue weighted by Crippen LogP contribution is 2.17. The molecule has 1 rings (SSSR count). The second-order valence-corrected chi connectivity index (χ2v) is 5.83. The first-order valence-electron chi connectivity index (χ1n) is 5.10. The summed E-state index contributed by atoms with van der Waals surface area (Å²) in [4.78, 5) is 10.8. The van der Waals surface area contributed by atoms with Gasteiger partial charge in [-0.25, -0.2) is 4.79 Å². The molecule has 5 heteroatoms. The molecule has 0 fully saturated rings. The van der Waals surface area contributed by atoms with Crippen molar-refractivity contribution in [2.75, 3.05) is 0 Å². The van der Waals surface area contributed by atoms with Crippen molar-refractivity contribution >= 4 is 16.8 Å². The van der Waals surface area contributed by atoms with Crippen molar-refractivity contribution in [1.82, 2.24) is 0 Å². The predicted octanol–water partition coefficient (Wildman–Crippen LogP) is 2.27. The van der Waals surface area contributed by atoms with E-state index >= 15 is 0 Å². The van der Waals surface area contributed by atoms with E-state index in [4.69, 9.17) is 9.52 Å². The van der Waals surface area contributed by atoms with Crippen LogP contribution in [0.25, 0.3) is 0 Å². The molecule has 16 heavy (non-hydrogen) atoms. The second-order valence-electron chi connectivity index (χ2n) is 4.04. The molecule has 2 atom stereocenters. The minimum Gasteiger partial charge on any atom is -0.478 e. The van der Waals surface area contributed by atoms with Gasteiger partial charge in [-0.15, -0.1) is 0 Å². The van der Waals surface area contributed by atoms with Gasteiger partial charge in [-0.2, -0.15) is 0 Å². The Hall–Kier alpha value is -1.10. The van der Waals surface area contributed by atoms with Crippen LogP contribution in [0.4, 0.5) is 0 Å². The van der Waals surface area contributed by atoms with Crippen LogP contribution in [0.15, 0.2) is 16.7 Å². The maximum Gasteiger partial charge on any atom is 0.339 e. The topological polar surface area (TPSA) is 67.5 Å². The zero-order valence-electron chi connectivity index (χ0n) is 9.60. The lowest BCUT2D eigenvalue weighted by Gasteiger charge is -2.14. The van der Waals surface area contributed by atoms with E-state index in [-0.39, 0.29) is 16.6 Å². The molecule has 0 radical (unpaired) electrons. The maximum atomic E-state index is 11.9. The Morgan fingerprint density at radius 1 is 1.50 bits per heavy atom. The molecule has 1 N–H and O–H groups in total. The van der Waals surface area contributed by atoms with E-state index in [1.54, 1.807) is 0 Å². The summed E-state index contributed by atoms with van der Waals surface area (Å²) in [6.45, 7) is 5.87. The Balaban J connectivity index is 2.77. The summed E-state index contributed by atoms with van der Waals surface area (Å²) < 4.78 is 16.9. The standard InChI is InChI=1S/C11H16O4S/c1-7(2)8(3)16(14)6-10-9(11(12)13)4-5-15-10/h4-5,7-8H,6H2,1-3H3,(H,12,13). The molecule has 4 nitrogen and oxygen atoms in total. The molecule has 0 saturated heterocycles. The van der Waals surface area contributed by atoms with Gasteiger partial charge in [-0.05, 0) is 12.0 Å². The molecule has 0 bridgehead atoms. The lowest BCUT2D eigenvalue weighted by atomic mass is 10.2. The summed E-state index contributed by atoms with van der Waals surface area (Å²) in [5, 5.41) is 8.88. The van der Waals surface area contributed by atoms with Gasteiger partial charge in [0.15, 0.2) is 0 Å². The van der Waals surface area contributed by atoms with Crippen molar-refractivity contribution in [2.24, 2.45) is 5.92 Å². The predicted molar refractivity (Wildman–Crippen MR) is 61.8 cm³/mol. The van der Waals surface area contributed by atoms with Crippen molar-refractivity contribution in [2.45, 2.75) is 31.8 Å². The van der Waals surface area contributed by atoms with Crippen LogP contribution in [0.2, 0.25) is 0 Å². The highest BCUT2D eigenvalue weighted by molar-refractivity contribution is 7.84. The third-order valence-electron chi connectivity index (χ3n) is 2.60. The van der Waals surface area contributed by atoms with Crippen LogP contribution in [0.5, 0.6) is 0 Å². The third-order valence-corrected chi connectivity index (χ3v) is 4.52. The third kappa shape index (κ3) is 2.95. The van der Waals surface area contributed by atoms with E-state index in [1.807, 2.05) is 20.8 Å². The lowest BCUT2D eigenvalue weighted by molar-refractivity contribution is 0.0695. The first kappa shape index (κ1) is 13.0. The average molecular weight is 244 g/mol. The van der Waals surface area contributed by atoms with Gasteiger partial charge in [0.1, 0.15) is 11.3 Å². The number of carboxylic acid groups (broad SMARTS) is 1. The molecular formula is C11H16O4S. The van der Waals surface area contributed by atoms with Gasteiger partial charge in [0.25, 0.3) is 0 Å². The van der Waals surface area contributed by atoms with E-state index in [9.17, 15) is 9.00 Å². The van der Waals surface area contributed by atoms with Crippen LogP contribution in [-0.4, -0.2) is 20.5 Å². The molecule has 90 valence electrons. The van der Waals surface area contributed by atoms with Crippen LogP contribution in [0, 0.1) is 5.92 Å². The summed E-state index contributed by atoms with van der Waals surface area (Å²) in [6.07, 6.45) is 1.32. The lowest BCUT2D eigenvalue weighted by Crippen LogP contribution is -2.19. The van der Waals surface area contributed by atoms with E-state index < -0.39 is 16.8 Å². The summed E-state index contributed by atoms with van der Waals surface area (Å²) in [7, 11) is -1.11. The molecule has 0 spiro atoms. The fraction of sp³-hybridized carbons (Fsp3) is 0.545. The van der Waals surface area contributed by atoms with Crippen molar-refractivity contribution in [1.29, 1.82) is 0 Å². The van der Waals surface area contributed by atoms with Gasteiger partial charge >= 0.3 is 5.97 Å². The number of aromatic carboxylic acids is 1. The highest BCUT2D eigenvalue weighted by Gasteiger charge is 2.20. The number of rotatable bonds is 5. The fourth-order valence-corrected chi connectivity index (χ4v) is 2.56. The zero-order valence-corrected chi connectivity index (χ0v) is 10.4. The smallest absolute Gasteiger partial charge is 0.339 e. The van der Waals surface area contributed by atoms with Crippen LogP contribution in [0.3, 0.4) is 0 Å². The van der Waals surface area contributed by atoms with Gasteiger partial charge in [-0.1, -0.05) is 20.8 Å². The number of carboxylic acids is 1. The molecule has 0 amide bonds. The number of hydrogen-bond acceptors (Lipinski definition) is 3. The molecule has 1 aromatic heterocycles. The van der Waals surface area contributed by atoms with Crippen molar-refractivity contribution in [3.8, 4) is 0 Å². The molecule has 0 aromatic carbocycles. The first-order chi connectivity index (χ1) is 7.43. The van der Waals surface area contributed by atoms with Crippen LogP contribution < -0.4 is 0 Å². The normalized spacial score (nSPS) is 15.0. The minimum absolute atomic E-state index is 0.0201. The highest BCUT2D eigenvalue weighted by atomic mass is 32.2. The minimum atomic E-state index is -1.11. The van der Waals surface area contributed by atoms with E-state index in [2.05, 4.69) is 0 Å². The molecule has 1 aromatic rings. The van der Waals surface area contributed by atoms with Crippen LogP contribution in [-0.2, 0) is 16.6 Å². The Labute approximate surface area is 97.1 Å². The molecular weight excluding hydrogens is 228 g/mol. The summed E-state index contributed by atoms with van der Waals surface area (Å²) in [5.74, 6) is -0.297. The molecule has 0 aliphatic heterocycles. The van der Waals surface area contributed by atoms with Gasteiger partial charge in [0.05, 0.1) is 12.0 Å². The Morgan fingerprint density at radius 2 is 2.12 bits per heavy atom. The van der Waals surface area contributed by atoms with Gasteiger partial charge in [0.2, 0.25) is 0 Å². The van der Waals surface area contributed by atoms with E-state index in [0.29, 0.717) is 11.7 Å². The number of carbonyl (C=O) groups is 1. The summed E-state index contributed by atoms with van der Waals surface area (Å²) in [6, 6.07) is 1.38. The SMILES string of the molecule is CC(C)C(C)S(=O)Cc1occc1C(=O)O. The van der Waals surface area contributed by atoms with Gasteiger partial charge in [-0.3, -0.25) is 4.21 Å². The van der Waals surface area contributed by atoms with Gasteiger partial charge < -0.3 is 9.52 Å². The molecule has 0 saturated carbocycles. The van der Waals surface area contributed by atoms with Crippen LogP contribution >= 0.6 is 0 Å². The molecule has 0 aliphatic rings. The first-order valence-corrected chi connectivity index (χ1v) is 6.48. The Bertz CT molecular complexity index is 394. The van der Waals surface area contributed by atoms with E-state index in [1.165, 1.54) is 12.3 Å². The summed E-state index contributed by atoms with van der Waals surface area (Å²) >= 11 is 0. The Morgan fingerprint density at radius 3 is 2.62 bits per heavy atom. The van der Waals surface area contributed by atoms with Crippen LogP contribution in [0.1, 0.15) is 36.9 Å². The quantitative estimate of drug-likeness (QED) is 0.862. The second kappa shape index (κ2) is 5.30. The van der Waals surface area contributed by atoms with Crippen molar-refractivity contribution in [3.05, 3.63) is 23.7 Å². The van der Waals surface area contributed by atoms with Crippen molar-refractivity contribution < 1.29 is 18.5 Å². The summed E-state index contributed by atoms with van der Waals surface area (Å²) in [5.41, 5.74) is 0.101. The molecule has 2 unspecified atom stereocenters. The average Bonchev–Trinajstić information content (AvgIpc) is 2.64. The molecule has 1 heterocycles. The van der Waals surface area contributed by atoms with Gasteiger partial charge in [0, 0.05) is 16.0 Å². The van der Waals surface area contributed by atoms with Crippen molar-refractivity contribution in [3.63, 3.8) is 0 Å². The Kier molecular flexibility index (Phi) is 4.29. The molecule has 0 aliphatic carbocycles. The zero-order chi connectivity index (χ0) is 12.3. The number of hydrogen-bond donors (Lipinski definition) is 1. The monoisotopic (exact) mass is 244 g/mol. The number of furan rings is 1. The largest absolute Gasteiger partial charge is 0.478 e. The maximum absolute atomic E-state index is 11.9. The van der Waals surface area contributed by atoms with E-state index in [0.717, 1.165) is 0 Å². The fourth-order valence-electron chi connectivity index (χ4n) is 1.21.